The van der Waals surface area contributed by atoms with Crippen molar-refractivity contribution in [3.8, 4) is 5.75 Å². The minimum absolute atomic E-state index is 0.0206. The van der Waals surface area contributed by atoms with Gasteiger partial charge in [-0.15, -0.1) is 0 Å². The van der Waals surface area contributed by atoms with E-state index in [1.54, 1.807) is 4.90 Å². The third-order valence-electron chi connectivity index (χ3n) is 4.57. The van der Waals surface area contributed by atoms with Crippen LogP contribution in [0.15, 0.2) is 18.2 Å². The van der Waals surface area contributed by atoms with Gasteiger partial charge in [0, 0.05) is 45.4 Å². The second-order valence-corrected chi connectivity index (χ2v) is 6.91. The van der Waals surface area contributed by atoms with E-state index < -0.39 is 0 Å². The number of nitrogens with one attached hydrogen (secondary N) is 2. The lowest BCUT2D eigenvalue weighted by Crippen LogP contribution is -2.47. The summed E-state index contributed by atoms with van der Waals surface area (Å²) in [5.41, 5.74) is 2.32. The number of hydrogen-bond acceptors (Lipinski definition) is 3. The largest absolute Gasteiger partial charge is 0.490 e. The molecule has 26 heavy (non-hydrogen) atoms. The molecule has 1 saturated heterocycles. The molecule has 0 aliphatic carbocycles. The topological polar surface area (TPSA) is 70.7 Å². The van der Waals surface area contributed by atoms with Gasteiger partial charge in [0.15, 0.2) is 0 Å². The molecular weight excluding hydrogens is 330 g/mol. The van der Waals surface area contributed by atoms with Gasteiger partial charge in [-0.2, -0.15) is 0 Å². The molecule has 144 valence electrons. The maximum absolute atomic E-state index is 12.2. The number of carbonyl (C=O) groups excluding carboxylic acids is 2. The number of carbonyl (C=O) groups is 2. The molecule has 0 bridgehead atoms. The molecule has 1 aromatic rings. The first-order valence-corrected chi connectivity index (χ1v) is 9.53. The zero-order valence-corrected chi connectivity index (χ0v) is 16.1. The van der Waals surface area contributed by atoms with Gasteiger partial charge in [-0.3, -0.25) is 4.79 Å². The molecule has 1 fully saturated rings. The third-order valence-corrected chi connectivity index (χ3v) is 4.57. The summed E-state index contributed by atoms with van der Waals surface area (Å²) in [5, 5.41) is 5.63. The van der Waals surface area contributed by atoms with Crippen LogP contribution < -0.4 is 15.4 Å². The van der Waals surface area contributed by atoms with Crippen molar-refractivity contribution in [2.24, 2.45) is 0 Å². The van der Waals surface area contributed by atoms with Crippen LogP contribution in [0.25, 0.3) is 0 Å². The monoisotopic (exact) mass is 361 g/mol. The van der Waals surface area contributed by atoms with Crippen LogP contribution in [-0.2, 0) is 4.79 Å². The lowest BCUT2D eigenvalue weighted by molar-refractivity contribution is -0.120. The van der Waals surface area contributed by atoms with Crippen LogP contribution in [0.3, 0.4) is 0 Å². The van der Waals surface area contributed by atoms with Crippen molar-refractivity contribution in [1.82, 2.24) is 15.5 Å². The number of hydrogen-bond donors (Lipinski definition) is 2. The Morgan fingerprint density at radius 2 is 1.88 bits per heavy atom. The quantitative estimate of drug-likeness (QED) is 0.784. The number of aryl methyl sites for hydroxylation is 2. The van der Waals surface area contributed by atoms with Crippen molar-refractivity contribution in [1.29, 1.82) is 0 Å². The predicted octanol–water partition coefficient (Wildman–Crippen LogP) is 2.77. The molecule has 6 nitrogen and oxygen atoms in total. The van der Waals surface area contributed by atoms with Crippen LogP contribution in [0.2, 0.25) is 0 Å². The predicted molar refractivity (Wildman–Crippen MR) is 102 cm³/mol. The molecular formula is C20H31N3O3. The lowest BCUT2D eigenvalue weighted by Gasteiger charge is -2.32. The van der Waals surface area contributed by atoms with E-state index in [9.17, 15) is 9.59 Å². The average molecular weight is 361 g/mol. The standard InChI is InChI=1S/C20H31N3O3/c1-4-10-21-19(24)7-11-22-20(25)23-12-8-17(9-13-23)26-18-14-15(2)5-6-16(18)3/h5-6,14,17H,4,7-13H2,1-3H3,(H,21,24)(H,22,25). The minimum Gasteiger partial charge on any atom is -0.490 e. The Labute approximate surface area is 156 Å². The molecule has 1 heterocycles. The van der Waals surface area contributed by atoms with Gasteiger partial charge in [0.25, 0.3) is 0 Å². The van der Waals surface area contributed by atoms with Crippen LogP contribution >= 0.6 is 0 Å². The van der Waals surface area contributed by atoms with Gasteiger partial charge in [-0.1, -0.05) is 19.1 Å². The van der Waals surface area contributed by atoms with E-state index in [0.717, 1.165) is 30.6 Å². The van der Waals surface area contributed by atoms with Crippen molar-refractivity contribution >= 4 is 11.9 Å². The molecule has 0 radical (unpaired) electrons. The summed E-state index contributed by atoms with van der Waals surface area (Å²) in [6.07, 6.45) is 3.00. The van der Waals surface area contributed by atoms with Crippen LogP contribution in [0.4, 0.5) is 4.79 Å². The first-order valence-electron chi connectivity index (χ1n) is 9.53. The number of urea groups is 1. The maximum Gasteiger partial charge on any atom is 0.317 e. The van der Waals surface area contributed by atoms with Gasteiger partial charge in [0.1, 0.15) is 11.9 Å². The van der Waals surface area contributed by atoms with Crippen molar-refractivity contribution < 1.29 is 14.3 Å². The summed E-state index contributed by atoms with van der Waals surface area (Å²) < 4.78 is 6.13. The molecule has 6 heteroatoms. The Hall–Kier alpha value is -2.24. The maximum atomic E-state index is 12.2. The Kier molecular flexibility index (Phi) is 7.75. The first kappa shape index (κ1) is 20.1. The number of amides is 3. The second kappa shape index (κ2) is 10.0. The summed E-state index contributed by atoms with van der Waals surface area (Å²) >= 11 is 0. The Morgan fingerprint density at radius 3 is 2.58 bits per heavy atom. The number of likely N-dealkylation sites (tertiary alicyclic amines) is 1. The number of piperidine rings is 1. The molecule has 0 aromatic heterocycles. The van der Waals surface area contributed by atoms with Gasteiger partial charge >= 0.3 is 6.03 Å². The molecule has 2 rings (SSSR count). The third kappa shape index (κ3) is 6.24. The van der Waals surface area contributed by atoms with E-state index in [1.807, 2.05) is 13.8 Å². The van der Waals surface area contributed by atoms with Crippen molar-refractivity contribution in [2.75, 3.05) is 26.2 Å². The second-order valence-electron chi connectivity index (χ2n) is 6.91. The smallest absolute Gasteiger partial charge is 0.317 e. The van der Waals surface area contributed by atoms with Crippen molar-refractivity contribution in [3.63, 3.8) is 0 Å². The highest BCUT2D eigenvalue weighted by atomic mass is 16.5. The van der Waals surface area contributed by atoms with Gasteiger partial charge < -0.3 is 20.3 Å². The van der Waals surface area contributed by atoms with E-state index in [2.05, 4.69) is 35.8 Å². The summed E-state index contributed by atoms with van der Waals surface area (Å²) in [6.45, 7) is 8.51. The fourth-order valence-electron chi connectivity index (χ4n) is 2.94. The minimum atomic E-state index is -0.0986. The van der Waals surface area contributed by atoms with Gasteiger partial charge in [0.05, 0.1) is 0 Å². The van der Waals surface area contributed by atoms with Crippen LogP contribution in [-0.4, -0.2) is 49.1 Å². The molecule has 0 spiro atoms. The molecule has 2 N–H and O–H groups in total. The zero-order valence-electron chi connectivity index (χ0n) is 16.1. The number of benzene rings is 1. The summed E-state index contributed by atoms with van der Waals surface area (Å²) in [6, 6.07) is 6.12. The van der Waals surface area contributed by atoms with Crippen molar-refractivity contribution in [2.45, 2.75) is 52.6 Å². The van der Waals surface area contributed by atoms with E-state index in [1.165, 1.54) is 5.56 Å². The summed E-state index contributed by atoms with van der Waals surface area (Å²) in [5.74, 6) is 0.916. The normalized spacial score (nSPS) is 14.8. The van der Waals surface area contributed by atoms with E-state index in [0.29, 0.717) is 32.6 Å². The molecule has 0 saturated carbocycles. The highest BCUT2D eigenvalue weighted by Gasteiger charge is 2.24. The SMILES string of the molecule is CCCNC(=O)CCNC(=O)N1CCC(Oc2cc(C)ccc2C)CC1. The Balaban J connectivity index is 1.69. The fraction of sp³-hybridized carbons (Fsp3) is 0.600. The molecule has 3 amide bonds. The van der Waals surface area contributed by atoms with Crippen LogP contribution in [0, 0.1) is 13.8 Å². The van der Waals surface area contributed by atoms with Gasteiger partial charge in [-0.25, -0.2) is 4.79 Å². The van der Waals surface area contributed by atoms with E-state index in [-0.39, 0.29) is 18.0 Å². The molecule has 0 unspecified atom stereocenters. The Bertz CT molecular complexity index is 610. The lowest BCUT2D eigenvalue weighted by atomic mass is 10.1. The number of ether oxygens (including phenoxy) is 1. The molecule has 0 atom stereocenters. The average Bonchev–Trinajstić information content (AvgIpc) is 2.63. The zero-order chi connectivity index (χ0) is 18.9. The van der Waals surface area contributed by atoms with Gasteiger partial charge in [0.2, 0.25) is 5.91 Å². The van der Waals surface area contributed by atoms with Crippen molar-refractivity contribution in [3.05, 3.63) is 29.3 Å². The van der Waals surface area contributed by atoms with E-state index in [4.69, 9.17) is 4.74 Å². The molecule has 1 aromatic carbocycles. The first-order chi connectivity index (χ1) is 12.5. The van der Waals surface area contributed by atoms with E-state index >= 15 is 0 Å². The highest BCUT2D eigenvalue weighted by molar-refractivity contribution is 5.78. The Morgan fingerprint density at radius 1 is 1.15 bits per heavy atom. The molecule has 1 aliphatic heterocycles. The highest BCUT2D eigenvalue weighted by Crippen LogP contribution is 2.23. The number of nitrogens with zero attached hydrogens (tertiary/aromatic N) is 1. The number of rotatable bonds is 7. The summed E-state index contributed by atoms with van der Waals surface area (Å²) in [7, 11) is 0. The van der Waals surface area contributed by atoms with Gasteiger partial charge in [-0.05, 0) is 37.5 Å². The van der Waals surface area contributed by atoms with Crippen LogP contribution in [0.5, 0.6) is 5.75 Å². The molecule has 1 aliphatic rings. The van der Waals surface area contributed by atoms with Crippen LogP contribution in [0.1, 0.15) is 43.7 Å². The fourth-order valence-corrected chi connectivity index (χ4v) is 2.94. The summed E-state index contributed by atoms with van der Waals surface area (Å²) in [4.78, 5) is 25.5.